The van der Waals surface area contributed by atoms with Gasteiger partial charge in [0.2, 0.25) is 0 Å². The van der Waals surface area contributed by atoms with Crippen molar-refractivity contribution in [3.05, 3.63) is 0 Å². The van der Waals surface area contributed by atoms with Crippen LogP contribution in [0.4, 0.5) is 0 Å². The van der Waals surface area contributed by atoms with Crippen molar-refractivity contribution < 1.29 is 4.74 Å². The van der Waals surface area contributed by atoms with Crippen LogP contribution in [0.3, 0.4) is 0 Å². The third-order valence-electron chi connectivity index (χ3n) is 4.35. The molecule has 2 unspecified atom stereocenters. The third-order valence-corrected chi connectivity index (χ3v) is 4.35. The Morgan fingerprint density at radius 3 is 2.67 bits per heavy atom. The van der Waals surface area contributed by atoms with Gasteiger partial charge in [-0.3, -0.25) is 0 Å². The summed E-state index contributed by atoms with van der Waals surface area (Å²) in [5.74, 6) is 3.00. The van der Waals surface area contributed by atoms with Crippen molar-refractivity contribution in [1.82, 2.24) is 5.32 Å². The van der Waals surface area contributed by atoms with E-state index in [1.807, 2.05) is 7.11 Å². The van der Waals surface area contributed by atoms with E-state index in [2.05, 4.69) is 5.32 Å². The van der Waals surface area contributed by atoms with Gasteiger partial charge in [-0.2, -0.15) is 0 Å². The molecule has 0 radical (unpaired) electrons. The Labute approximate surface area is 93.8 Å². The molecule has 1 saturated heterocycles. The summed E-state index contributed by atoms with van der Waals surface area (Å²) in [4.78, 5) is 0. The Balaban J connectivity index is 1.78. The molecule has 1 saturated carbocycles. The average Bonchev–Trinajstić information content (AvgIpc) is 2.66. The van der Waals surface area contributed by atoms with Gasteiger partial charge < -0.3 is 10.1 Å². The van der Waals surface area contributed by atoms with E-state index in [0.717, 1.165) is 24.4 Å². The highest BCUT2D eigenvalue weighted by atomic mass is 16.5. The molecule has 0 bridgehead atoms. The van der Waals surface area contributed by atoms with Crippen molar-refractivity contribution in [2.45, 2.75) is 38.5 Å². The second-order valence-corrected chi connectivity index (χ2v) is 5.24. The van der Waals surface area contributed by atoms with Crippen LogP contribution in [0.1, 0.15) is 38.5 Å². The van der Waals surface area contributed by atoms with Crippen molar-refractivity contribution >= 4 is 0 Å². The normalized spacial score (nSPS) is 29.0. The molecule has 2 heteroatoms. The van der Waals surface area contributed by atoms with Gasteiger partial charge in [-0.05, 0) is 50.1 Å². The Kier molecular flexibility index (Phi) is 4.45. The van der Waals surface area contributed by atoms with Crippen molar-refractivity contribution in [3.63, 3.8) is 0 Å². The standard InChI is InChI=1S/C13H25NO/c1-15-9-3-6-13(11-4-2-5-11)12-7-8-14-10-12/h11-14H,2-10H2,1H3. The fourth-order valence-electron chi connectivity index (χ4n) is 3.23. The summed E-state index contributed by atoms with van der Waals surface area (Å²) in [7, 11) is 1.81. The number of nitrogens with one attached hydrogen (secondary N) is 1. The lowest BCUT2D eigenvalue weighted by molar-refractivity contribution is 0.121. The highest BCUT2D eigenvalue weighted by molar-refractivity contribution is 4.86. The zero-order chi connectivity index (χ0) is 10.5. The van der Waals surface area contributed by atoms with Crippen molar-refractivity contribution in [3.8, 4) is 0 Å². The molecule has 15 heavy (non-hydrogen) atoms. The van der Waals surface area contributed by atoms with Crippen LogP contribution in [0.5, 0.6) is 0 Å². The first-order valence-corrected chi connectivity index (χ1v) is 6.61. The van der Waals surface area contributed by atoms with Crippen LogP contribution >= 0.6 is 0 Å². The van der Waals surface area contributed by atoms with Crippen LogP contribution in [-0.2, 0) is 4.74 Å². The molecule has 0 aromatic heterocycles. The second kappa shape index (κ2) is 5.86. The first-order chi connectivity index (χ1) is 7.42. The van der Waals surface area contributed by atoms with Gasteiger partial charge in [-0.1, -0.05) is 19.3 Å². The summed E-state index contributed by atoms with van der Waals surface area (Å²) in [6.45, 7) is 3.47. The topological polar surface area (TPSA) is 21.3 Å². The Morgan fingerprint density at radius 1 is 1.27 bits per heavy atom. The largest absolute Gasteiger partial charge is 0.385 e. The maximum Gasteiger partial charge on any atom is 0.0462 e. The van der Waals surface area contributed by atoms with E-state index in [1.54, 1.807) is 0 Å². The highest BCUT2D eigenvalue weighted by Gasteiger charge is 2.33. The number of rotatable bonds is 6. The van der Waals surface area contributed by atoms with Gasteiger partial charge in [0.1, 0.15) is 0 Å². The Morgan fingerprint density at radius 2 is 2.13 bits per heavy atom. The average molecular weight is 211 g/mol. The van der Waals surface area contributed by atoms with E-state index < -0.39 is 0 Å². The maximum atomic E-state index is 5.17. The first kappa shape index (κ1) is 11.4. The van der Waals surface area contributed by atoms with Gasteiger partial charge in [0, 0.05) is 13.7 Å². The third kappa shape index (κ3) is 2.94. The molecule has 2 aliphatic rings. The monoisotopic (exact) mass is 211 g/mol. The summed E-state index contributed by atoms with van der Waals surface area (Å²) in [6, 6.07) is 0. The van der Waals surface area contributed by atoms with E-state index in [4.69, 9.17) is 4.74 Å². The number of hydrogen-bond acceptors (Lipinski definition) is 2. The van der Waals surface area contributed by atoms with Crippen LogP contribution in [0.15, 0.2) is 0 Å². The molecule has 2 fully saturated rings. The molecule has 2 rings (SSSR count). The minimum absolute atomic E-state index is 0.948. The molecule has 0 aromatic rings. The van der Waals surface area contributed by atoms with E-state index in [1.165, 1.54) is 51.6 Å². The zero-order valence-corrected chi connectivity index (χ0v) is 10.0. The Bertz CT molecular complexity index is 173. The zero-order valence-electron chi connectivity index (χ0n) is 10.0. The molecule has 2 atom stereocenters. The minimum Gasteiger partial charge on any atom is -0.385 e. The second-order valence-electron chi connectivity index (χ2n) is 5.24. The van der Waals surface area contributed by atoms with Gasteiger partial charge in [-0.25, -0.2) is 0 Å². The van der Waals surface area contributed by atoms with Crippen LogP contribution in [-0.4, -0.2) is 26.8 Å². The number of ether oxygens (including phenoxy) is 1. The van der Waals surface area contributed by atoms with E-state index in [9.17, 15) is 0 Å². The van der Waals surface area contributed by atoms with Crippen LogP contribution in [0, 0.1) is 17.8 Å². The Hall–Kier alpha value is -0.0800. The molecule has 0 spiro atoms. The van der Waals surface area contributed by atoms with E-state index in [-0.39, 0.29) is 0 Å². The summed E-state index contributed by atoms with van der Waals surface area (Å²) in [5, 5.41) is 3.52. The lowest BCUT2D eigenvalue weighted by Gasteiger charge is -2.37. The molecule has 2 nitrogen and oxygen atoms in total. The molecule has 0 aromatic carbocycles. The van der Waals surface area contributed by atoms with Gasteiger partial charge >= 0.3 is 0 Å². The summed E-state index contributed by atoms with van der Waals surface area (Å²) >= 11 is 0. The summed E-state index contributed by atoms with van der Waals surface area (Å²) < 4.78 is 5.17. The minimum atomic E-state index is 0.948. The molecule has 1 aliphatic heterocycles. The first-order valence-electron chi connectivity index (χ1n) is 6.61. The number of hydrogen-bond donors (Lipinski definition) is 1. The van der Waals surface area contributed by atoms with Gasteiger partial charge in [-0.15, -0.1) is 0 Å². The smallest absolute Gasteiger partial charge is 0.0462 e. The van der Waals surface area contributed by atoms with Gasteiger partial charge in [0.05, 0.1) is 0 Å². The van der Waals surface area contributed by atoms with Gasteiger partial charge in [0.25, 0.3) is 0 Å². The number of methoxy groups -OCH3 is 1. The summed E-state index contributed by atoms with van der Waals surface area (Å²) in [6.07, 6.45) is 8.53. The molecule has 1 aliphatic carbocycles. The van der Waals surface area contributed by atoms with Crippen molar-refractivity contribution in [2.24, 2.45) is 17.8 Å². The van der Waals surface area contributed by atoms with Crippen molar-refractivity contribution in [2.75, 3.05) is 26.8 Å². The molecule has 0 amide bonds. The predicted molar refractivity (Wildman–Crippen MR) is 62.9 cm³/mol. The van der Waals surface area contributed by atoms with Crippen molar-refractivity contribution in [1.29, 1.82) is 0 Å². The lowest BCUT2D eigenvalue weighted by Crippen LogP contribution is -2.30. The summed E-state index contributed by atoms with van der Waals surface area (Å²) in [5.41, 5.74) is 0. The molecular formula is C13H25NO. The predicted octanol–water partition coefficient (Wildman–Crippen LogP) is 2.44. The maximum absolute atomic E-state index is 5.17. The van der Waals surface area contributed by atoms with Gasteiger partial charge in [0.15, 0.2) is 0 Å². The van der Waals surface area contributed by atoms with Crippen LogP contribution in [0.2, 0.25) is 0 Å². The van der Waals surface area contributed by atoms with Crippen LogP contribution < -0.4 is 5.32 Å². The quantitative estimate of drug-likeness (QED) is 0.681. The highest BCUT2D eigenvalue weighted by Crippen LogP contribution is 2.41. The fourth-order valence-corrected chi connectivity index (χ4v) is 3.23. The molecular weight excluding hydrogens is 186 g/mol. The van der Waals surface area contributed by atoms with Crippen LogP contribution in [0.25, 0.3) is 0 Å². The molecule has 1 heterocycles. The SMILES string of the molecule is COCCCC(C1CCC1)C1CCNC1. The fraction of sp³-hybridized carbons (Fsp3) is 1.00. The van der Waals surface area contributed by atoms with E-state index in [0.29, 0.717) is 0 Å². The molecule has 1 N–H and O–H groups in total. The molecule has 88 valence electrons. The lowest BCUT2D eigenvalue weighted by atomic mass is 9.68. The van der Waals surface area contributed by atoms with E-state index >= 15 is 0 Å².